The monoisotopic (exact) mass is 587 g/mol. The number of para-hydroxylation sites is 1. The largest absolute Gasteiger partial charge is 0.310 e. The Balaban J connectivity index is 1.22. The molecular weight excluding hydrogens is 555 g/mol. The molecule has 0 amide bonds. The van der Waals surface area contributed by atoms with Gasteiger partial charge in [0.05, 0.1) is 5.69 Å². The maximum Gasteiger partial charge on any atom is 0.0540 e. The molecule has 1 aliphatic rings. The smallest absolute Gasteiger partial charge is 0.0540 e. The van der Waals surface area contributed by atoms with E-state index in [1.807, 2.05) is 0 Å². The van der Waals surface area contributed by atoms with E-state index in [1.54, 1.807) is 0 Å². The van der Waals surface area contributed by atoms with Crippen LogP contribution in [-0.4, -0.2) is 0 Å². The van der Waals surface area contributed by atoms with Gasteiger partial charge in [-0.1, -0.05) is 135 Å². The van der Waals surface area contributed by atoms with Crippen LogP contribution < -0.4 is 4.90 Å². The predicted molar refractivity (Wildman–Crippen MR) is 197 cm³/mol. The lowest BCUT2D eigenvalue weighted by Crippen LogP contribution is -2.16. The fraction of sp³-hybridized carbons (Fsp3) is 0.0667. The molecule has 9 rings (SSSR count). The topological polar surface area (TPSA) is 3.24 Å². The highest BCUT2D eigenvalue weighted by Crippen LogP contribution is 2.52. The Bertz CT molecular complexity index is 2390. The van der Waals surface area contributed by atoms with Crippen molar-refractivity contribution in [2.24, 2.45) is 0 Å². The summed E-state index contributed by atoms with van der Waals surface area (Å²) in [6.07, 6.45) is 0. The molecule has 0 N–H and O–H groups in total. The van der Waals surface area contributed by atoms with E-state index >= 15 is 0 Å². The van der Waals surface area contributed by atoms with Crippen molar-refractivity contribution in [3.05, 3.63) is 175 Å². The molecule has 0 bridgehead atoms. The van der Waals surface area contributed by atoms with Crippen molar-refractivity contribution < 1.29 is 0 Å². The van der Waals surface area contributed by atoms with E-state index in [-0.39, 0.29) is 5.41 Å². The first-order valence-electron chi connectivity index (χ1n) is 16.1. The maximum absolute atomic E-state index is 2.46. The molecule has 0 saturated carbocycles. The van der Waals surface area contributed by atoms with Crippen LogP contribution in [-0.2, 0) is 5.41 Å². The number of anilines is 3. The summed E-state index contributed by atoms with van der Waals surface area (Å²) in [4.78, 5) is 2.41. The second-order valence-electron chi connectivity index (χ2n) is 13.0. The Morgan fingerprint density at radius 3 is 1.70 bits per heavy atom. The van der Waals surface area contributed by atoms with Crippen molar-refractivity contribution in [2.45, 2.75) is 19.3 Å². The molecule has 1 nitrogen and oxygen atoms in total. The van der Waals surface area contributed by atoms with Crippen LogP contribution >= 0.6 is 0 Å². The van der Waals surface area contributed by atoms with Gasteiger partial charge in [0.2, 0.25) is 0 Å². The molecular formula is C45H33N. The van der Waals surface area contributed by atoms with Crippen molar-refractivity contribution >= 4 is 49.4 Å². The Kier molecular flexibility index (Phi) is 5.92. The molecule has 0 aliphatic heterocycles. The van der Waals surface area contributed by atoms with E-state index < -0.39 is 0 Å². The van der Waals surface area contributed by atoms with Crippen LogP contribution in [0.15, 0.2) is 164 Å². The molecule has 8 aromatic carbocycles. The second-order valence-corrected chi connectivity index (χ2v) is 13.0. The van der Waals surface area contributed by atoms with Crippen molar-refractivity contribution in [2.75, 3.05) is 4.90 Å². The SMILES string of the molecule is CC1(C)c2cc(-c3c4ccccc4cc4ccccc34)ccc2-c2ccc(N(c3ccccc3)c3cccc4ccccc34)cc21. The Morgan fingerprint density at radius 2 is 0.978 bits per heavy atom. The molecule has 0 spiro atoms. The third-order valence-corrected chi connectivity index (χ3v) is 10.00. The lowest BCUT2D eigenvalue weighted by atomic mass is 9.81. The van der Waals surface area contributed by atoms with Crippen LogP contribution in [0.1, 0.15) is 25.0 Å². The van der Waals surface area contributed by atoms with Crippen LogP contribution in [0.3, 0.4) is 0 Å². The first-order valence-corrected chi connectivity index (χ1v) is 16.1. The van der Waals surface area contributed by atoms with Crippen LogP contribution in [0.25, 0.3) is 54.6 Å². The average molecular weight is 588 g/mol. The predicted octanol–water partition coefficient (Wildman–Crippen LogP) is 12.6. The molecule has 0 saturated heterocycles. The maximum atomic E-state index is 2.46. The standard InChI is InChI=1S/C45H33N/c1-45(2)41-28-33(44-37-20-10-7-14-31(37)27-32-15-8-11-21-38(32)44)23-25-39(41)40-26-24-35(29-42(40)45)46(34-17-4-3-5-18-34)43-22-12-16-30-13-6-9-19-36(30)43/h3-29H,1-2H3. The average Bonchev–Trinajstić information content (AvgIpc) is 3.33. The summed E-state index contributed by atoms with van der Waals surface area (Å²) in [6.45, 7) is 4.77. The summed E-state index contributed by atoms with van der Waals surface area (Å²) in [7, 11) is 0. The zero-order valence-corrected chi connectivity index (χ0v) is 26.0. The zero-order valence-electron chi connectivity index (χ0n) is 26.0. The number of hydrogen-bond donors (Lipinski definition) is 0. The zero-order chi connectivity index (χ0) is 30.8. The van der Waals surface area contributed by atoms with E-state index in [4.69, 9.17) is 0 Å². The van der Waals surface area contributed by atoms with Gasteiger partial charge >= 0.3 is 0 Å². The quantitative estimate of drug-likeness (QED) is 0.185. The lowest BCUT2D eigenvalue weighted by molar-refractivity contribution is 0.660. The highest BCUT2D eigenvalue weighted by Gasteiger charge is 2.36. The lowest BCUT2D eigenvalue weighted by Gasteiger charge is -2.29. The first kappa shape index (κ1) is 26.7. The normalized spacial score (nSPS) is 13.2. The number of benzene rings is 8. The molecule has 0 fully saturated rings. The Labute approximate surface area is 270 Å². The van der Waals surface area contributed by atoms with Gasteiger partial charge in [-0.3, -0.25) is 0 Å². The Hall–Kier alpha value is -5.66. The molecule has 0 heterocycles. The van der Waals surface area contributed by atoms with E-state index in [0.29, 0.717) is 0 Å². The molecule has 218 valence electrons. The number of nitrogens with zero attached hydrogens (tertiary/aromatic N) is 1. The molecule has 0 aromatic heterocycles. The summed E-state index contributed by atoms with van der Waals surface area (Å²) in [6, 6.07) is 60.1. The molecule has 0 unspecified atom stereocenters. The minimum Gasteiger partial charge on any atom is -0.310 e. The summed E-state index contributed by atoms with van der Waals surface area (Å²) in [5, 5.41) is 7.62. The summed E-state index contributed by atoms with van der Waals surface area (Å²) < 4.78 is 0. The molecule has 46 heavy (non-hydrogen) atoms. The van der Waals surface area contributed by atoms with Crippen LogP contribution in [0, 0.1) is 0 Å². The van der Waals surface area contributed by atoms with E-state index in [0.717, 1.165) is 5.69 Å². The van der Waals surface area contributed by atoms with Crippen molar-refractivity contribution in [1.29, 1.82) is 0 Å². The summed E-state index contributed by atoms with van der Waals surface area (Å²) in [5.74, 6) is 0. The summed E-state index contributed by atoms with van der Waals surface area (Å²) >= 11 is 0. The van der Waals surface area contributed by atoms with Gasteiger partial charge in [-0.05, 0) is 103 Å². The number of hydrogen-bond acceptors (Lipinski definition) is 1. The Morgan fingerprint density at radius 1 is 0.413 bits per heavy atom. The molecule has 1 aliphatic carbocycles. The van der Waals surface area contributed by atoms with Crippen molar-refractivity contribution in [1.82, 2.24) is 0 Å². The summed E-state index contributed by atoms with van der Waals surface area (Å²) in [5.41, 5.74) is 11.3. The highest BCUT2D eigenvalue weighted by molar-refractivity contribution is 6.13. The van der Waals surface area contributed by atoms with Gasteiger partial charge < -0.3 is 4.90 Å². The number of fused-ring (bicyclic) bond motifs is 6. The second kappa shape index (κ2) is 10.2. The van der Waals surface area contributed by atoms with Gasteiger partial charge in [-0.2, -0.15) is 0 Å². The van der Waals surface area contributed by atoms with Gasteiger partial charge in [0, 0.05) is 22.2 Å². The van der Waals surface area contributed by atoms with Gasteiger partial charge in [0.25, 0.3) is 0 Å². The molecule has 0 radical (unpaired) electrons. The van der Waals surface area contributed by atoms with Gasteiger partial charge in [-0.25, -0.2) is 0 Å². The van der Waals surface area contributed by atoms with E-state index in [2.05, 4.69) is 183 Å². The van der Waals surface area contributed by atoms with Crippen LogP contribution in [0.5, 0.6) is 0 Å². The van der Waals surface area contributed by atoms with Gasteiger partial charge in [0.1, 0.15) is 0 Å². The molecule has 8 aromatic rings. The highest BCUT2D eigenvalue weighted by atomic mass is 15.1. The van der Waals surface area contributed by atoms with Gasteiger partial charge in [-0.15, -0.1) is 0 Å². The first-order chi connectivity index (χ1) is 22.6. The minimum atomic E-state index is -0.168. The molecule has 0 atom stereocenters. The number of rotatable bonds is 4. The van der Waals surface area contributed by atoms with Crippen molar-refractivity contribution in [3.8, 4) is 22.3 Å². The van der Waals surface area contributed by atoms with Gasteiger partial charge in [0.15, 0.2) is 0 Å². The fourth-order valence-electron chi connectivity index (χ4n) is 7.75. The fourth-order valence-corrected chi connectivity index (χ4v) is 7.75. The van der Waals surface area contributed by atoms with E-state index in [9.17, 15) is 0 Å². The van der Waals surface area contributed by atoms with E-state index in [1.165, 1.54) is 77.1 Å². The van der Waals surface area contributed by atoms with Crippen LogP contribution in [0.2, 0.25) is 0 Å². The third kappa shape index (κ3) is 4.02. The van der Waals surface area contributed by atoms with Crippen LogP contribution in [0.4, 0.5) is 17.1 Å². The van der Waals surface area contributed by atoms with Crippen molar-refractivity contribution in [3.63, 3.8) is 0 Å². The third-order valence-electron chi connectivity index (χ3n) is 10.00. The minimum absolute atomic E-state index is 0.168. The molecule has 1 heteroatoms.